The maximum Gasteiger partial charge on any atom is 0.416 e. The van der Waals surface area contributed by atoms with Crippen LogP contribution in [0.5, 0.6) is 5.75 Å². The van der Waals surface area contributed by atoms with Crippen molar-refractivity contribution in [2.45, 2.75) is 56.4 Å². The zero-order valence-electron chi connectivity index (χ0n) is 15.7. The van der Waals surface area contributed by atoms with Gasteiger partial charge in [-0.05, 0) is 43.4 Å². The Labute approximate surface area is 170 Å². The Morgan fingerprint density at radius 2 is 1.62 bits per heavy atom. The van der Waals surface area contributed by atoms with Gasteiger partial charge in [0.15, 0.2) is 0 Å². The molecule has 1 N–H and O–H groups in total. The molecule has 164 valence electrons. The number of hydrogen-bond acceptors (Lipinski definition) is 2. The molecular weight excluding hydrogens is 422 g/mol. The molecule has 1 aromatic rings. The molecule has 0 spiro atoms. The van der Waals surface area contributed by atoms with E-state index in [1.165, 1.54) is 0 Å². The lowest BCUT2D eigenvalue weighted by molar-refractivity contribution is -0.143. The van der Waals surface area contributed by atoms with Crippen molar-refractivity contribution in [3.63, 3.8) is 0 Å². The van der Waals surface area contributed by atoms with Gasteiger partial charge in [0.2, 0.25) is 0 Å². The molecule has 0 aliphatic heterocycles. The Morgan fingerprint density at radius 1 is 1.03 bits per heavy atom. The van der Waals surface area contributed by atoms with Crippen LogP contribution in [0.3, 0.4) is 0 Å². The van der Waals surface area contributed by atoms with Crippen LogP contribution in [-0.4, -0.2) is 23.2 Å². The highest BCUT2D eigenvalue weighted by molar-refractivity contribution is 6.21. The van der Waals surface area contributed by atoms with E-state index in [0.717, 1.165) is 12.8 Å². The van der Waals surface area contributed by atoms with Crippen LogP contribution in [0.1, 0.15) is 43.7 Å². The van der Waals surface area contributed by atoms with Gasteiger partial charge >= 0.3 is 12.4 Å². The first-order chi connectivity index (χ1) is 13.4. The molecule has 0 aromatic heterocycles. The second kappa shape index (κ2) is 9.60. The molecule has 0 amide bonds. The SMILES string of the molecule is CCC/C=C\C[C@@H]1[C@@H](COc2cc(C(F)(F)F)cc(C(F)(F)F)c2)[C@H](O)C[C@H]1Cl. The summed E-state index contributed by atoms with van der Waals surface area (Å²) in [5, 5.41) is 9.88. The van der Waals surface area contributed by atoms with Crippen LogP contribution >= 0.6 is 11.6 Å². The number of ether oxygens (including phenoxy) is 1. The first-order valence-corrected chi connectivity index (χ1v) is 9.76. The Balaban J connectivity index is 2.18. The van der Waals surface area contributed by atoms with Crippen LogP contribution in [0.2, 0.25) is 0 Å². The lowest BCUT2D eigenvalue weighted by Gasteiger charge is -2.23. The molecule has 29 heavy (non-hydrogen) atoms. The molecule has 1 fully saturated rings. The van der Waals surface area contributed by atoms with Crippen molar-refractivity contribution in [3.05, 3.63) is 41.5 Å². The molecule has 2 nitrogen and oxygen atoms in total. The van der Waals surface area contributed by atoms with Crippen LogP contribution in [0.15, 0.2) is 30.4 Å². The highest BCUT2D eigenvalue weighted by Gasteiger charge is 2.42. The van der Waals surface area contributed by atoms with Crippen LogP contribution < -0.4 is 4.74 Å². The minimum atomic E-state index is -4.94. The molecule has 0 unspecified atom stereocenters. The smallest absolute Gasteiger partial charge is 0.416 e. The fourth-order valence-electron chi connectivity index (χ4n) is 3.43. The predicted octanol–water partition coefficient (Wildman–Crippen LogP) is 6.45. The lowest BCUT2D eigenvalue weighted by atomic mass is 9.92. The van der Waals surface area contributed by atoms with E-state index in [-0.39, 0.29) is 30.4 Å². The van der Waals surface area contributed by atoms with E-state index in [0.29, 0.717) is 18.6 Å². The normalized spacial score (nSPS) is 25.7. The van der Waals surface area contributed by atoms with Gasteiger partial charge in [-0.1, -0.05) is 25.5 Å². The van der Waals surface area contributed by atoms with E-state index in [1.807, 2.05) is 19.1 Å². The topological polar surface area (TPSA) is 29.5 Å². The lowest BCUT2D eigenvalue weighted by Crippen LogP contribution is -2.27. The summed E-state index contributed by atoms with van der Waals surface area (Å²) in [5.74, 6) is -1.22. The molecule has 2 rings (SSSR count). The number of aliphatic hydroxyl groups excluding tert-OH is 1. The third-order valence-electron chi connectivity index (χ3n) is 5.01. The van der Waals surface area contributed by atoms with Crippen molar-refractivity contribution in [3.8, 4) is 5.75 Å². The summed E-state index contributed by atoms with van der Waals surface area (Å²) in [4.78, 5) is 0. The summed E-state index contributed by atoms with van der Waals surface area (Å²) >= 11 is 6.29. The van der Waals surface area contributed by atoms with E-state index in [4.69, 9.17) is 16.3 Å². The van der Waals surface area contributed by atoms with Crippen molar-refractivity contribution in [2.75, 3.05) is 6.61 Å². The van der Waals surface area contributed by atoms with Crippen molar-refractivity contribution >= 4 is 11.6 Å². The Morgan fingerprint density at radius 3 is 2.14 bits per heavy atom. The maximum absolute atomic E-state index is 13.0. The van der Waals surface area contributed by atoms with Gasteiger partial charge in [0.25, 0.3) is 0 Å². The van der Waals surface area contributed by atoms with E-state index < -0.39 is 41.3 Å². The standard InChI is InChI=1S/C20H23ClF6O2/c1-2-3-4-5-6-15-16(18(28)10-17(15)21)11-29-14-8-12(19(22,23)24)7-13(9-14)20(25,26)27/h4-5,7-9,15-18,28H,2-3,6,10-11H2,1H3/b5-4-/t15-,16-,17-,18-/m1/s1. The number of hydrogen-bond donors (Lipinski definition) is 1. The van der Waals surface area contributed by atoms with Gasteiger partial charge in [-0.3, -0.25) is 0 Å². The van der Waals surface area contributed by atoms with E-state index >= 15 is 0 Å². The molecule has 0 saturated heterocycles. The number of rotatable bonds is 7. The number of benzene rings is 1. The average molecular weight is 445 g/mol. The van der Waals surface area contributed by atoms with E-state index in [1.54, 1.807) is 0 Å². The second-order valence-corrected chi connectivity index (χ2v) is 7.76. The number of halogens is 7. The molecule has 9 heteroatoms. The van der Waals surface area contributed by atoms with Crippen LogP contribution in [0.25, 0.3) is 0 Å². The first kappa shape index (κ1) is 23.9. The van der Waals surface area contributed by atoms with Gasteiger partial charge in [-0.25, -0.2) is 0 Å². The van der Waals surface area contributed by atoms with Crippen LogP contribution in [0, 0.1) is 11.8 Å². The molecule has 1 aromatic carbocycles. The molecule has 1 aliphatic rings. The minimum absolute atomic E-state index is 0.0490. The zero-order valence-corrected chi connectivity index (χ0v) is 16.5. The van der Waals surface area contributed by atoms with Gasteiger partial charge in [0, 0.05) is 11.3 Å². The molecular formula is C20H23ClF6O2. The fraction of sp³-hybridized carbons (Fsp3) is 0.600. The summed E-state index contributed by atoms with van der Waals surface area (Å²) in [6.45, 7) is 1.80. The third-order valence-corrected chi connectivity index (χ3v) is 5.51. The minimum Gasteiger partial charge on any atom is -0.493 e. The Bertz CT molecular complexity index is 669. The van der Waals surface area contributed by atoms with E-state index in [9.17, 15) is 31.4 Å². The summed E-state index contributed by atoms with van der Waals surface area (Å²) in [5.41, 5.74) is -2.88. The highest BCUT2D eigenvalue weighted by Crippen LogP contribution is 2.41. The summed E-state index contributed by atoms with van der Waals surface area (Å²) < 4.78 is 83.1. The quantitative estimate of drug-likeness (QED) is 0.297. The molecule has 0 heterocycles. The molecule has 1 saturated carbocycles. The molecule has 0 bridgehead atoms. The summed E-state index contributed by atoms with van der Waals surface area (Å²) in [7, 11) is 0. The van der Waals surface area contributed by atoms with Crippen molar-refractivity contribution in [2.24, 2.45) is 11.8 Å². The van der Waals surface area contributed by atoms with Gasteiger partial charge in [0.05, 0.1) is 23.8 Å². The monoisotopic (exact) mass is 444 g/mol. The largest absolute Gasteiger partial charge is 0.493 e. The third kappa shape index (κ3) is 6.54. The van der Waals surface area contributed by atoms with Crippen LogP contribution in [-0.2, 0) is 12.4 Å². The Hall–Kier alpha value is -1.41. The van der Waals surface area contributed by atoms with Crippen molar-refractivity contribution < 1.29 is 36.2 Å². The second-order valence-electron chi connectivity index (χ2n) is 7.20. The predicted molar refractivity (Wildman–Crippen MR) is 97.9 cm³/mol. The highest BCUT2D eigenvalue weighted by atomic mass is 35.5. The van der Waals surface area contributed by atoms with Crippen molar-refractivity contribution in [1.82, 2.24) is 0 Å². The fourth-order valence-corrected chi connectivity index (χ4v) is 3.90. The zero-order chi connectivity index (χ0) is 21.8. The van der Waals surface area contributed by atoms with Crippen molar-refractivity contribution in [1.29, 1.82) is 0 Å². The first-order valence-electron chi connectivity index (χ1n) is 9.33. The number of unbranched alkanes of at least 4 members (excludes halogenated alkanes) is 1. The molecule has 0 radical (unpaired) electrons. The van der Waals surface area contributed by atoms with Gasteiger partial charge in [-0.2, -0.15) is 26.3 Å². The maximum atomic E-state index is 13.0. The Kier molecular flexibility index (Phi) is 7.90. The van der Waals surface area contributed by atoms with Gasteiger partial charge in [-0.15, -0.1) is 11.6 Å². The van der Waals surface area contributed by atoms with Gasteiger partial charge in [0.1, 0.15) is 5.75 Å². The number of aliphatic hydroxyl groups is 1. The number of allylic oxidation sites excluding steroid dienone is 2. The molecule has 1 aliphatic carbocycles. The van der Waals surface area contributed by atoms with Crippen LogP contribution in [0.4, 0.5) is 26.3 Å². The summed E-state index contributed by atoms with van der Waals surface area (Å²) in [6, 6.07) is 1.11. The average Bonchev–Trinajstić information content (AvgIpc) is 2.88. The molecule has 4 atom stereocenters. The van der Waals surface area contributed by atoms with E-state index in [2.05, 4.69) is 0 Å². The number of alkyl halides is 7. The summed E-state index contributed by atoms with van der Waals surface area (Å²) in [6.07, 6.45) is -4.12. The van der Waals surface area contributed by atoms with Gasteiger partial charge < -0.3 is 9.84 Å².